The highest BCUT2D eigenvalue weighted by molar-refractivity contribution is 5.81. The van der Waals surface area contributed by atoms with Crippen molar-refractivity contribution in [3.63, 3.8) is 0 Å². The fourth-order valence-corrected chi connectivity index (χ4v) is 1.66. The standard InChI is InChI=1S/C15H30N2O4/c1-11(2)20-13(18)12(9-7-8-10-16-6)17-14(19)21-15(3,4)5/h11-12,16H,7-10H2,1-6H3,(H,17,19)/t12-/m0/s1. The van der Waals surface area contributed by atoms with E-state index in [0.29, 0.717) is 6.42 Å². The van der Waals surface area contributed by atoms with Gasteiger partial charge in [-0.05, 0) is 67.5 Å². The lowest BCUT2D eigenvalue weighted by atomic mass is 10.1. The maximum Gasteiger partial charge on any atom is 0.408 e. The molecule has 0 aromatic rings. The lowest BCUT2D eigenvalue weighted by molar-refractivity contribution is -0.150. The molecule has 0 radical (unpaired) electrons. The van der Waals surface area contributed by atoms with Crippen LogP contribution in [0.15, 0.2) is 0 Å². The van der Waals surface area contributed by atoms with Gasteiger partial charge in [-0.25, -0.2) is 9.59 Å². The van der Waals surface area contributed by atoms with Crippen LogP contribution < -0.4 is 10.6 Å². The van der Waals surface area contributed by atoms with Crippen LogP contribution in [0.3, 0.4) is 0 Å². The fourth-order valence-electron chi connectivity index (χ4n) is 1.66. The van der Waals surface area contributed by atoms with Crippen LogP contribution in [0, 0.1) is 0 Å². The minimum Gasteiger partial charge on any atom is -0.461 e. The Bertz CT molecular complexity index is 324. The van der Waals surface area contributed by atoms with Crippen LogP contribution in [0.1, 0.15) is 53.9 Å². The van der Waals surface area contributed by atoms with E-state index < -0.39 is 23.7 Å². The zero-order valence-corrected chi connectivity index (χ0v) is 14.1. The summed E-state index contributed by atoms with van der Waals surface area (Å²) in [5.74, 6) is -0.416. The minimum absolute atomic E-state index is 0.210. The molecule has 21 heavy (non-hydrogen) atoms. The van der Waals surface area contributed by atoms with Gasteiger partial charge >= 0.3 is 12.1 Å². The highest BCUT2D eigenvalue weighted by atomic mass is 16.6. The minimum atomic E-state index is -0.667. The third-order valence-corrected chi connectivity index (χ3v) is 2.50. The summed E-state index contributed by atoms with van der Waals surface area (Å²) in [6, 6.07) is -0.667. The number of hydrogen-bond donors (Lipinski definition) is 2. The van der Waals surface area contributed by atoms with Gasteiger partial charge < -0.3 is 20.1 Å². The highest BCUT2D eigenvalue weighted by Crippen LogP contribution is 2.09. The van der Waals surface area contributed by atoms with E-state index in [-0.39, 0.29) is 6.10 Å². The maximum absolute atomic E-state index is 12.0. The van der Waals surface area contributed by atoms with E-state index in [9.17, 15) is 9.59 Å². The molecular formula is C15H30N2O4. The molecule has 0 bridgehead atoms. The second kappa shape index (κ2) is 9.60. The lowest BCUT2D eigenvalue weighted by Gasteiger charge is -2.23. The summed E-state index contributed by atoms with van der Waals surface area (Å²) in [7, 11) is 1.88. The van der Waals surface area contributed by atoms with Gasteiger partial charge in [-0.15, -0.1) is 0 Å². The summed E-state index contributed by atoms with van der Waals surface area (Å²) < 4.78 is 10.4. The van der Waals surface area contributed by atoms with E-state index >= 15 is 0 Å². The molecule has 0 heterocycles. The summed E-state index contributed by atoms with van der Waals surface area (Å²) in [6.45, 7) is 9.77. The number of amides is 1. The molecule has 124 valence electrons. The van der Waals surface area contributed by atoms with E-state index in [1.54, 1.807) is 34.6 Å². The monoisotopic (exact) mass is 302 g/mol. The normalized spacial score (nSPS) is 12.9. The Morgan fingerprint density at radius 1 is 1.14 bits per heavy atom. The smallest absolute Gasteiger partial charge is 0.408 e. The number of ether oxygens (including phenoxy) is 2. The van der Waals surface area contributed by atoms with Crippen molar-refractivity contribution in [2.75, 3.05) is 13.6 Å². The molecule has 1 atom stereocenters. The first kappa shape index (κ1) is 19.7. The van der Waals surface area contributed by atoms with Crippen LogP contribution in [0.5, 0.6) is 0 Å². The van der Waals surface area contributed by atoms with E-state index in [1.807, 2.05) is 7.05 Å². The molecule has 0 aliphatic heterocycles. The maximum atomic E-state index is 12.0. The third kappa shape index (κ3) is 11.1. The van der Waals surface area contributed by atoms with Crippen molar-refractivity contribution in [1.82, 2.24) is 10.6 Å². The van der Waals surface area contributed by atoms with Gasteiger partial charge in [0.15, 0.2) is 0 Å². The molecule has 0 aromatic heterocycles. The van der Waals surface area contributed by atoms with Crippen molar-refractivity contribution in [1.29, 1.82) is 0 Å². The predicted molar refractivity (Wildman–Crippen MR) is 82.2 cm³/mol. The fraction of sp³-hybridized carbons (Fsp3) is 0.867. The highest BCUT2D eigenvalue weighted by Gasteiger charge is 2.25. The largest absolute Gasteiger partial charge is 0.461 e. The lowest BCUT2D eigenvalue weighted by Crippen LogP contribution is -2.44. The van der Waals surface area contributed by atoms with Gasteiger partial charge in [-0.1, -0.05) is 0 Å². The van der Waals surface area contributed by atoms with Crippen molar-refractivity contribution in [2.45, 2.75) is 71.6 Å². The van der Waals surface area contributed by atoms with Crippen molar-refractivity contribution >= 4 is 12.1 Å². The van der Waals surface area contributed by atoms with Gasteiger partial charge in [0.1, 0.15) is 11.6 Å². The molecule has 0 fully saturated rings. The molecule has 0 rings (SSSR count). The summed E-state index contributed by atoms with van der Waals surface area (Å²) in [4.78, 5) is 23.8. The molecule has 2 N–H and O–H groups in total. The number of carbonyl (C=O) groups excluding carboxylic acids is 2. The Hall–Kier alpha value is -1.30. The quantitative estimate of drug-likeness (QED) is 0.531. The molecule has 0 saturated carbocycles. The van der Waals surface area contributed by atoms with Crippen LogP contribution in [0.25, 0.3) is 0 Å². The number of alkyl carbamates (subject to hydrolysis) is 1. The van der Waals surface area contributed by atoms with E-state index in [0.717, 1.165) is 19.4 Å². The zero-order valence-electron chi connectivity index (χ0n) is 14.1. The van der Waals surface area contributed by atoms with Crippen LogP contribution in [0.4, 0.5) is 4.79 Å². The molecule has 1 amide bonds. The Morgan fingerprint density at radius 2 is 1.76 bits per heavy atom. The average Bonchev–Trinajstić information content (AvgIpc) is 2.29. The van der Waals surface area contributed by atoms with Crippen LogP contribution in [-0.2, 0) is 14.3 Å². The molecule has 0 aliphatic rings. The van der Waals surface area contributed by atoms with Gasteiger partial charge in [0.05, 0.1) is 6.10 Å². The Kier molecular flexibility index (Phi) is 9.01. The molecule has 6 heteroatoms. The first-order valence-electron chi connectivity index (χ1n) is 7.50. The van der Waals surface area contributed by atoms with Crippen LogP contribution in [0.2, 0.25) is 0 Å². The number of nitrogens with one attached hydrogen (secondary N) is 2. The van der Waals surface area contributed by atoms with Crippen LogP contribution >= 0.6 is 0 Å². The molecule has 6 nitrogen and oxygen atoms in total. The average molecular weight is 302 g/mol. The number of esters is 1. The predicted octanol–water partition coefficient (Wildman–Crippen LogP) is 2.22. The zero-order chi connectivity index (χ0) is 16.5. The second-order valence-corrected chi connectivity index (χ2v) is 6.28. The summed E-state index contributed by atoms with van der Waals surface area (Å²) >= 11 is 0. The number of hydrogen-bond acceptors (Lipinski definition) is 5. The van der Waals surface area contributed by atoms with Gasteiger partial charge in [0, 0.05) is 0 Å². The van der Waals surface area contributed by atoms with Crippen molar-refractivity contribution < 1.29 is 19.1 Å². The van der Waals surface area contributed by atoms with Crippen LogP contribution in [-0.4, -0.2) is 43.4 Å². The number of carbonyl (C=O) groups is 2. The first-order valence-corrected chi connectivity index (χ1v) is 7.50. The Labute approximate surface area is 127 Å². The van der Waals surface area contributed by atoms with Crippen molar-refractivity contribution in [3.05, 3.63) is 0 Å². The third-order valence-electron chi connectivity index (χ3n) is 2.50. The molecular weight excluding hydrogens is 272 g/mol. The number of rotatable bonds is 8. The van der Waals surface area contributed by atoms with Crippen molar-refractivity contribution in [2.24, 2.45) is 0 Å². The Balaban J connectivity index is 4.49. The van der Waals surface area contributed by atoms with E-state index in [2.05, 4.69) is 10.6 Å². The first-order chi connectivity index (χ1) is 9.65. The molecule has 0 aromatic carbocycles. The number of unbranched alkanes of at least 4 members (excludes halogenated alkanes) is 1. The van der Waals surface area contributed by atoms with Crippen molar-refractivity contribution in [3.8, 4) is 0 Å². The summed E-state index contributed by atoms with van der Waals surface area (Å²) in [5.41, 5.74) is -0.595. The van der Waals surface area contributed by atoms with E-state index in [1.165, 1.54) is 0 Å². The van der Waals surface area contributed by atoms with Gasteiger partial charge in [0.2, 0.25) is 0 Å². The van der Waals surface area contributed by atoms with Gasteiger partial charge in [0.25, 0.3) is 0 Å². The molecule has 0 aliphatic carbocycles. The molecule has 0 unspecified atom stereocenters. The van der Waals surface area contributed by atoms with Gasteiger partial charge in [-0.3, -0.25) is 0 Å². The van der Waals surface area contributed by atoms with E-state index in [4.69, 9.17) is 9.47 Å². The SMILES string of the molecule is CNCCCC[C@H](NC(=O)OC(C)(C)C)C(=O)OC(C)C. The van der Waals surface area contributed by atoms with Gasteiger partial charge in [-0.2, -0.15) is 0 Å². The second-order valence-electron chi connectivity index (χ2n) is 6.28. The molecule has 0 spiro atoms. The topological polar surface area (TPSA) is 76.7 Å². The Morgan fingerprint density at radius 3 is 2.24 bits per heavy atom. The summed E-state index contributed by atoms with van der Waals surface area (Å²) in [5, 5.41) is 5.65. The molecule has 0 saturated heterocycles. The summed E-state index contributed by atoms with van der Waals surface area (Å²) in [6.07, 6.45) is 1.47.